The van der Waals surface area contributed by atoms with Crippen LogP contribution < -0.4 is 11.0 Å². The second kappa shape index (κ2) is 13.2. The van der Waals surface area contributed by atoms with Crippen molar-refractivity contribution in [3.8, 4) is 55.9 Å². The zero-order valence-corrected chi connectivity index (χ0v) is 37.5. The van der Waals surface area contributed by atoms with Gasteiger partial charge in [0.15, 0.2) is 0 Å². The molecule has 2 aliphatic heterocycles. The van der Waals surface area contributed by atoms with Gasteiger partial charge in [-0.15, -0.1) is 9.24 Å². The van der Waals surface area contributed by atoms with Crippen LogP contribution in [0.3, 0.4) is 0 Å². The van der Waals surface area contributed by atoms with E-state index in [1.165, 1.54) is 110 Å². The summed E-state index contributed by atoms with van der Waals surface area (Å²) in [4.78, 5) is 0. The lowest BCUT2D eigenvalue weighted by atomic mass is 9.72. The number of hydrogen-bond acceptors (Lipinski definition) is 1. The highest BCUT2D eigenvalue weighted by atomic mass is 31.0. The van der Waals surface area contributed by atoms with E-state index >= 15 is 0 Å². The Morgan fingerprint density at radius 1 is 0.391 bits per heavy atom. The van der Waals surface area contributed by atoms with Crippen LogP contribution in [0.15, 0.2) is 182 Å². The quantitative estimate of drug-likeness (QED) is 0.139. The van der Waals surface area contributed by atoms with Crippen LogP contribution in [0.2, 0.25) is 0 Å². The summed E-state index contributed by atoms with van der Waals surface area (Å²) in [5, 5.41) is 6.30. The minimum atomic E-state index is -0.323. The average Bonchev–Trinajstić information content (AvgIpc) is 3.82. The molecule has 0 saturated carbocycles. The maximum atomic E-state index is 6.77. The average molecular weight is 840 g/mol. The molecular weight excluding hydrogens is 794 g/mol. The molecule has 2 N–H and O–H groups in total. The normalized spacial score (nSPS) is 14.3. The van der Waals surface area contributed by atoms with E-state index in [1.807, 2.05) is 0 Å². The number of fused-ring (bicyclic) bond motifs is 11. The molecule has 13 rings (SSSR count). The van der Waals surface area contributed by atoms with Crippen molar-refractivity contribution in [2.24, 2.45) is 0 Å². The Morgan fingerprint density at radius 2 is 0.906 bits per heavy atom. The monoisotopic (exact) mass is 839 g/mol. The molecule has 1 unspecified atom stereocenters. The molecule has 3 nitrogen and oxygen atoms in total. The number of aromatic nitrogens is 2. The van der Waals surface area contributed by atoms with Crippen molar-refractivity contribution in [2.75, 3.05) is 5.73 Å². The predicted molar refractivity (Wildman–Crippen MR) is 275 cm³/mol. The first-order chi connectivity index (χ1) is 31.1. The van der Waals surface area contributed by atoms with E-state index < -0.39 is 0 Å². The van der Waals surface area contributed by atoms with Crippen molar-refractivity contribution in [1.82, 2.24) is 9.13 Å². The van der Waals surface area contributed by atoms with Crippen molar-refractivity contribution in [2.45, 2.75) is 38.5 Å². The number of para-hydroxylation sites is 2. The van der Waals surface area contributed by atoms with Gasteiger partial charge in [-0.1, -0.05) is 131 Å². The first-order valence-corrected chi connectivity index (χ1v) is 22.9. The number of nitrogens with two attached hydrogens (primary N) is 1. The van der Waals surface area contributed by atoms with Gasteiger partial charge in [0.1, 0.15) is 0 Å². The van der Waals surface area contributed by atoms with E-state index in [2.05, 4.69) is 228 Å². The maximum absolute atomic E-state index is 6.77. The molecule has 0 fully saturated rings. The minimum Gasteiger partial charge on any atom is -0.399 e. The summed E-state index contributed by atoms with van der Waals surface area (Å²) < 4.78 is 5.17. The molecular formula is C60H46N3P. The molecule has 64 heavy (non-hydrogen) atoms. The largest absolute Gasteiger partial charge is 0.399 e. The fourth-order valence-electron chi connectivity index (χ4n) is 11.6. The Balaban J connectivity index is 1.17. The van der Waals surface area contributed by atoms with Crippen LogP contribution in [0, 0.1) is 0 Å². The molecule has 0 spiro atoms. The van der Waals surface area contributed by atoms with Gasteiger partial charge in [0.05, 0.1) is 33.4 Å². The first kappa shape index (κ1) is 37.4. The Labute approximate surface area is 375 Å². The molecule has 4 heterocycles. The molecule has 0 amide bonds. The van der Waals surface area contributed by atoms with E-state index in [-0.39, 0.29) is 10.8 Å². The molecule has 2 aliphatic rings. The van der Waals surface area contributed by atoms with Gasteiger partial charge in [0.25, 0.3) is 0 Å². The highest BCUT2D eigenvalue weighted by Gasteiger charge is 2.41. The summed E-state index contributed by atoms with van der Waals surface area (Å²) >= 11 is 0. The lowest BCUT2D eigenvalue weighted by Gasteiger charge is -2.35. The van der Waals surface area contributed by atoms with Gasteiger partial charge in [0, 0.05) is 38.1 Å². The van der Waals surface area contributed by atoms with E-state index in [0.29, 0.717) is 0 Å². The van der Waals surface area contributed by atoms with E-state index in [1.54, 1.807) is 0 Å². The van der Waals surface area contributed by atoms with Crippen LogP contribution >= 0.6 is 9.24 Å². The predicted octanol–water partition coefficient (Wildman–Crippen LogP) is 14.9. The summed E-state index contributed by atoms with van der Waals surface area (Å²) in [5.74, 6) is 0. The highest BCUT2D eigenvalue weighted by Crippen LogP contribution is 2.56. The van der Waals surface area contributed by atoms with Gasteiger partial charge in [-0.3, -0.25) is 0 Å². The number of anilines is 1. The summed E-state index contributed by atoms with van der Waals surface area (Å²) in [6.45, 7) is 9.68. The molecule has 0 saturated heterocycles. The minimum absolute atomic E-state index is 0.266. The Kier molecular flexibility index (Phi) is 7.69. The van der Waals surface area contributed by atoms with Crippen LogP contribution in [0.1, 0.15) is 49.9 Å². The third kappa shape index (κ3) is 5.13. The summed E-state index contributed by atoms with van der Waals surface area (Å²) in [5.41, 5.74) is 29.3. The lowest BCUT2D eigenvalue weighted by Crippen LogP contribution is -2.26. The van der Waals surface area contributed by atoms with E-state index in [4.69, 9.17) is 5.73 Å². The fourth-order valence-corrected chi connectivity index (χ4v) is 12.0. The Morgan fingerprint density at radius 3 is 1.56 bits per heavy atom. The smallest absolute Gasteiger partial charge is 0.0589 e. The Hall–Kier alpha value is -7.19. The van der Waals surface area contributed by atoms with Gasteiger partial charge < -0.3 is 14.9 Å². The number of nitrogen functional groups attached to an aromatic ring is 1. The van der Waals surface area contributed by atoms with Crippen molar-refractivity contribution >= 4 is 63.8 Å². The fraction of sp³-hybridized carbons (Fsp3) is 0.100. The molecule has 0 radical (unpaired) electrons. The molecule has 4 heteroatoms. The molecule has 0 aliphatic carbocycles. The van der Waals surface area contributed by atoms with E-state index in [9.17, 15) is 0 Å². The third-order valence-corrected chi connectivity index (χ3v) is 14.9. The molecule has 0 bridgehead atoms. The molecule has 2 aromatic heterocycles. The molecule has 306 valence electrons. The van der Waals surface area contributed by atoms with Crippen LogP contribution in [-0.2, 0) is 10.8 Å². The van der Waals surface area contributed by atoms with Gasteiger partial charge >= 0.3 is 0 Å². The topological polar surface area (TPSA) is 35.9 Å². The second-order valence-corrected chi connectivity index (χ2v) is 19.7. The molecule has 11 aromatic rings. The highest BCUT2D eigenvalue weighted by molar-refractivity contribution is 7.27. The van der Waals surface area contributed by atoms with Crippen molar-refractivity contribution in [3.63, 3.8) is 0 Å². The van der Waals surface area contributed by atoms with Crippen molar-refractivity contribution < 1.29 is 0 Å². The van der Waals surface area contributed by atoms with Gasteiger partial charge in [-0.2, -0.15) is 0 Å². The van der Waals surface area contributed by atoms with Crippen molar-refractivity contribution in [3.05, 3.63) is 204 Å². The van der Waals surface area contributed by atoms with Crippen molar-refractivity contribution in [1.29, 1.82) is 0 Å². The maximum Gasteiger partial charge on any atom is 0.0589 e. The van der Waals surface area contributed by atoms with Crippen LogP contribution in [0.5, 0.6) is 0 Å². The summed E-state index contributed by atoms with van der Waals surface area (Å²) in [7, 11) is 2.95. The zero-order chi connectivity index (χ0) is 43.2. The SMILES string of the molecule is CC1(C)c2ccccc2-n2c3ccc(-c4cc(P)cc(-c5ccccc5)c4)cc3c3cc4c(c1c32)c1cc(-c2cc(N)cc(-c3ccccc3)c2)cc2c1n4-c1ccccc1C2(C)C. The van der Waals surface area contributed by atoms with Gasteiger partial charge in [0.2, 0.25) is 0 Å². The summed E-state index contributed by atoms with van der Waals surface area (Å²) in [6, 6.07) is 67.5. The lowest BCUT2D eigenvalue weighted by molar-refractivity contribution is 0.630. The van der Waals surface area contributed by atoms with E-state index in [0.717, 1.165) is 22.4 Å². The summed E-state index contributed by atoms with van der Waals surface area (Å²) in [6.07, 6.45) is 0. The van der Waals surface area contributed by atoms with Crippen LogP contribution in [0.4, 0.5) is 5.69 Å². The number of benzene rings is 9. The Bertz CT molecular complexity index is 3790. The third-order valence-electron chi connectivity index (χ3n) is 14.6. The van der Waals surface area contributed by atoms with Gasteiger partial charge in [-0.25, -0.2) is 0 Å². The van der Waals surface area contributed by atoms with Crippen LogP contribution in [0.25, 0.3) is 99.5 Å². The zero-order valence-electron chi connectivity index (χ0n) is 36.4. The molecule has 9 aromatic carbocycles. The first-order valence-electron chi connectivity index (χ1n) is 22.3. The second-order valence-electron chi connectivity index (χ2n) is 19.1. The number of nitrogens with zero attached hydrogens (tertiary/aromatic N) is 2. The molecule has 1 atom stereocenters. The number of rotatable bonds is 4. The standard InChI is InChI=1S/C60H46N3P/c1-59(2)48-19-11-13-21-52(48)63-54-34-46-45-31-37(41-26-40(29-44(64)30-41)36-17-9-6-10-18-36)23-24-51(45)62-53-22-14-12-20-49(53)60(3,4)56(58(46)62)55(54)47-32-42(33-50(59)57(47)63)39-25-38(27-43(61)28-39)35-15-7-5-8-16-35/h5-34H,61,64H2,1-4H3. The number of hydrogen-bond donors (Lipinski definition) is 1. The van der Waals surface area contributed by atoms with Gasteiger partial charge in [-0.05, 0) is 151 Å². The van der Waals surface area contributed by atoms with Crippen LogP contribution in [-0.4, -0.2) is 9.13 Å².